The Labute approximate surface area is 115 Å². The molecule has 1 heterocycles. The highest BCUT2D eigenvalue weighted by Gasteiger charge is 2.24. The molecule has 0 atom stereocenters. The van der Waals surface area contributed by atoms with E-state index in [0.29, 0.717) is 12.0 Å². The van der Waals surface area contributed by atoms with Crippen LogP contribution in [0.25, 0.3) is 11.0 Å². The van der Waals surface area contributed by atoms with Gasteiger partial charge >= 0.3 is 0 Å². The van der Waals surface area contributed by atoms with Crippen LogP contribution in [0, 0.1) is 0 Å². The minimum atomic E-state index is 0.521. The summed E-state index contributed by atoms with van der Waals surface area (Å²) in [7, 11) is 2.16. The molecule has 0 amide bonds. The number of nitrogens with zero attached hydrogens (tertiary/aromatic N) is 2. The minimum Gasteiger partial charge on any atom is -0.331 e. The normalized spacial score (nSPS) is 16.2. The van der Waals surface area contributed by atoms with Gasteiger partial charge in [0.1, 0.15) is 5.82 Å². The molecule has 1 aliphatic rings. The number of hydrogen-bond acceptors (Lipinski definition) is 2. The van der Waals surface area contributed by atoms with E-state index in [0.717, 1.165) is 12.1 Å². The van der Waals surface area contributed by atoms with Gasteiger partial charge in [-0.2, -0.15) is 0 Å². The van der Waals surface area contributed by atoms with Crippen molar-refractivity contribution in [2.45, 2.75) is 51.6 Å². The molecule has 0 unspecified atom stereocenters. The third kappa shape index (κ3) is 2.39. The summed E-state index contributed by atoms with van der Waals surface area (Å²) in [5.74, 6) is 1.96. The van der Waals surface area contributed by atoms with Crippen LogP contribution in [0.3, 0.4) is 0 Å². The van der Waals surface area contributed by atoms with Gasteiger partial charge in [0.05, 0.1) is 11.0 Å². The van der Waals surface area contributed by atoms with Crippen molar-refractivity contribution in [2.75, 3.05) is 0 Å². The second-order valence-electron chi connectivity index (χ2n) is 6.02. The Morgan fingerprint density at radius 3 is 2.79 bits per heavy atom. The quantitative estimate of drug-likeness (QED) is 0.910. The van der Waals surface area contributed by atoms with Gasteiger partial charge in [0.2, 0.25) is 0 Å². The number of hydrogen-bond donors (Lipinski definition) is 1. The molecule has 3 nitrogen and oxygen atoms in total. The van der Waals surface area contributed by atoms with Crippen LogP contribution in [0.15, 0.2) is 18.2 Å². The fraction of sp³-hybridized carbons (Fsp3) is 0.562. The third-order valence-electron chi connectivity index (χ3n) is 4.16. The van der Waals surface area contributed by atoms with Gasteiger partial charge < -0.3 is 9.88 Å². The topological polar surface area (TPSA) is 29.9 Å². The van der Waals surface area contributed by atoms with Crippen LogP contribution in [0.4, 0.5) is 0 Å². The Balaban J connectivity index is 1.91. The number of fused-ring (bicyclic) bond motifs is 1. The van der Waals surface area contributed by atoms with E-state index in [-0.39, 0.29) is 0 Å². The van der Waals surface area contributed by atoms with Crippen LogP contribution in [0.1, 0.15) is 50.4 Å². The molecule has 0 saturated heterocycles. The molecule has 1 fully saturated rings. The zero-order chi connectivity index (χ0) is 13.4. The van der Waals surface area contributed by atoms with E-state index in [1.54, 1.807) is 0 Å². The molecule has 19 heavy (non-hydrogen) atoms. The van der Waals surface area contributed by atoms with E-state index in [9.17, 15) is 0 Å². The first kappa shape index (κ1) is 12.7. The summed E-state index contributed by atoms with van der Waals surface area (Å²) in [5.41, 5.74) is 3.74. The Morgan fingerprint density at radius 1 is 1.37 bits per heavy atom. The molecule has 1 aromatic heterocycles. The maximum atomic E-state index is 4.81. The van der Waals surface area contributed by atoms with Gasteiger partial charge in [0.25, 0.3) is 0 Å². The Hall–Kier alpha value is -1.35. The predicted molar refractivity (Wildman–Crippen MR) is 79.3 cm³/mol. The van der Waals surface area contributed by atoms with Gasteiger partial charge in [-0.25, -0.2) is 4.98 Å². The van der Waals surface area contributed by atoms with E-state index in [4.69, 9.17) is 4.98 Å². The van der Waals surface area contributed by atoms with Gasteiger partial charge in [-0.15, -0.1) is 0 Å². The molecule has 0 radical (unpaired) electrons. The fourth-order valence-corrected chi connectivity index (χ4v) is 2.72. The molecule has 1 aromatic carbocycles. The van der Waals surface area contributed by atoms with Crippen molar-refractivity contribution in [1.82, 2.24) is 14.9 Å². The van der Waals surface area contributed by atoms with Crippen LogP contribution in [-0.4, -0.2) is 15.6 Å². The van der Waals surface area contributed by atoms with Gasteiger partial charge in [0.15, 0.2) is 0 Å². The van der Waals surface area contributed by atoms with Gasteiger partial charge in [-0.05, 0) is 30.5 Å². The van der Waals surface area contributed by atoms with Crippen molar-refractivity contribution in [3.8, 4) is 0 Å². The molecule has 102 valence electrons. The van der Waals surface area contributed by atoms with Crippen LogP contribution < -0.4 is 5.32 Å². The SMILES string of the molecule is CC(C)NCc1ccc2nc(C3CCC3)n(C)c2c1. The third-order valence-corrected chi connectivity index (χ3v) is 4.16. The summed E-state index contributed by atoms with van der Waals surface area (Å²) in [4.78, 5) is 4.81. The Morgan fingerprint density at radius 2 is 2.16 bits per heavy atom. The lowest BCUT2D eigenvalue weighted by Crippen LogP contribution is -2.21. The molecule has 1 N–H and O–H groups in total. The molecule has 0 aliphatic heterocycles. The first-order valence-corrected chi connectivity index (χ1v) is 7.34. The van der Waals surface area contributed by atoms with Gasteiger partial charge in [-0.1, -0.05) is 26.3 Å². The van der Waals surface area contributed by atoms with E-state index < -0.39 is 0 Å². The minimum absolute atomic E-state index is 0.521. The van der Waals surface area contributed by atoms with Crippen molar-refractivity contribution < 1.29 is 0 Å². The lowest BCUT2D eigenvalue weighted by Gasteiger charge is -2.24. The summed E-state index contributed by atoms with van der Waals surface area (Å²) in [6.07, 6.45) is 3.97. The number of imidazole rings is 1. The average molecular weight is 257 g/mol. The second-order valence-corrected chi connectivity index (χ2v) is 6.02. The number of aryl methyl sites for hydroxylation is 1. The number of benzene rings is 1. The number of aromatic nitrogens is 2. The standard InChI is InChI=1S/C16H23N3/c1-11(2)17-10-12-7-8-14-15(9-12)19(3)16(18-14)13-5-4-6-13/h7-9,11,13,17H,4-6,10H2,1-3H3. The van der Waals surface area contributed by atoms with Crippen molar-refractivity contribution in [2.24, 2.45) is 7.05 Å². The van der Waals surface area contributed by atoms with Crippen LogP contribution in [0.5, 0.6) is 0 Å². The molecule has 0 spiro atoms. The summed E-state index contributed by atoms with van der Waals surface area (Å²) in [6, 6.07) is 7.15. The van der Waals surface area contributed by atoms with Crippen molar-refractivity contribution >= 4 is 11.0 Å². The maximum Gasteiger partial charge on any atom is 0.112 e. The Kier molecular flexibility index (Phi) is 3.31. The summed E-state index contributed by atoms with van der Waals surface area (Å²) >= 11 is 0. The zero-order valence-electron chi connectivity index (χ0n) is 12.1. The number of rotatable bonds is 4. The highest BCUT2D eigenvalue weighted by Crippen LogP contribution is 2.36. The lowest BCUT2D eigenvalue weighted by molar-refractivity contribution is 0.394. The van der Waals surface area contributed by atoms with Crippen molar-refractivity contribution in [1.29, 1.82) is 0 Å². The second kappa shape index (κ2) is 4.97. The molecular formula is C16H23N3. The average Bonchev–Trinajstić information content (AvgIpc) is 2.62. The fourth-order valence-electron chi connectivity index (χ4n) is 2.72. The smallest absolute Gasteiger partial charge is 0.112 e. The first-order valence-electron chi connectivity index (χ1n) is 7.34. The van der Waals surface area contributed by atoms with Crippen LogP contribution in [-0.2, 0) is 13.6 Å². The highest BCUT2D eigenvalue weighted by atomic mass is 15.1. The molecule has 1 aliphatic carbocycles. The molecule has 3 heteroatoms. The molecule has 2 aromatic rings. The summed E-state index contributed by atoms with van der Waals surface area (Å²) in [5, 5.41) is 3.47. The van der Waals surface area contributed by atoms with Gasteiger partial charge in [0, 0.05) is 25.6 Å². The van der Waals surface area contributed by atoms with E-state index in [2.05, 4.69) is 49.0 Å². The maximum absolute atomic E-state index is 4.81. The van der Waals surface area contributed by atoms with Crippen LogP contribution in [0.2, 0.25) is 0 Å². The van der Waals surface area contributed by atoms with E-state index in [1.165, 1.54) is 36.2 Å². The van der Waals surface area contributed by atoms with Gasteiger partial charge in [-0.3, -0.25) is 0 Å². The van der Waals surface area contributed by atoms with Crippen molar-refractivity contribution in [3.63, 3.8) is 0 Å². The first-order chi connectivity index (χ1) is 9.15. The largest absolute Gasteiger partial charge is 0.331 e. The van der Waals surface area contributed by atoms with E-state index >= 15 is 0 Å². The zero-order valence-corrected chi connectivity index (χ0v) is 12.1. The molecule has 0 bridgehead atoms. The summed E-state index contributed by atoms with van der Waals surface area (Å²) < 4.78 is 2.29. The predicted octanol–water partition coefficient (Wildman–Crippen LogP) is 3.34. The van der Waals surface area contributed by atoms with E-state index in [1.807, 2.05) is 0 Å². The highest BCUT2D eigenvalue weighted by molar-refractivity contribution is 5.77. The monoisotopic (exact) mass is 257 g/mol. The summed E-state index contributed by atoms with van der Waals surface area (Å²) in [6.45, 7) is 5.28. The molecule has 1 saturated carbocycles. The van der Waals surface area contributed by atoms with Crippen molar-refractivity contribution in [3.05, 3.63) is 29.6 Å². The lowest BCUT2D eigenvalue weighted by atomic mass is 9.85. The number of nitrogens with one attached hydrogen (secondary N) is 1. The Bertz CT molecular complexity index is 579. The molecular weight excluding hydrogens is 234 g/mol. The van der Waals surface area contributed by atoms with Crippen LogP contribution >= 0.6 is 0 Å². The molecule has 3 rings (SSSR count).